The van der Waals surface area contributed by atoms with E-state index >= 15 is 0 Å². The summed E-state index contributed by atoms with van der Waals surface area (Å²) in [6.07, 6.45) is -1.91. The van der Waals surface area contributed by atoms with E-state index < -0.39 is 17.8 Å². The summed E-state index contributed by atoms with van der Waals surface area (Å²) in [5, 5.41) is 18.6. The summed E-state index contributed by atoms with van der Waals surface area (Å²) in [5.74, 6) is 0. The van der Waals surface area contributed by atoms with E-state index in [0.717, 1.165) is 25.3 Å². The molecule has 1 aromatic carbocycles. The number of hydrogen-bond donors (Lipinski definition) is 1. The Kier molecular flexibility index (Phi) is 4.97. The number of aliphatic hydroxyl groups is 1. The number of anilines is 1. The van der Waals surface area contributed by atoms with Gasteiger partial charge in [0.25, 0.3) is 0 Å². The van der Waals surface area contributed by atoms with E-state index in [1.807, 2.05) is 11.8 Å². The third kappa shape index (κ3) is 3.53. The molecule has 0 aromatic heterocycles. The quantitative estimate of drug-likeness (QED) is 0.925. The third-order valence-electron chi connectivity index (χ3n) is 4.16. The van der Waals surface area contributed by atoms with Crippen LogP contribution in [0.5, 0.6) is 0 Å². The highest BCUT2D eigenvalue weighted by Crippen LogP contribution is 2.36. The van der Waals surface area contributed by atoms with Crippen LogP contribution in [0.2, 0.25) is 0 Å². The van der Waals surface area contributed by atoms with E-state index in [4.69, 9.17) is 5.26 Å². The summed E-state index contributed by atoms with van der Waals surface area (Å²) in [4.78, 5) is 1.89. The first-order valence-electron chi connectivity index (χ1n) is 7.42. The number of nitrogens with zero attached hydrogens (tertiary/aromatic N) is 2. The van der Waals surface area contributed by atoms with Crippen LogP contribution in [-0.4, -0.2) is 23.8 Å². The van der Waals surface area contributed by atoms with Gasteiger partial charge in [0.2, 0.25) is 0 Å². The number of hydrogen-bond acceptors (Lipinski definition) is 3. The second-order valence-corrected chi connectivity index (χ2v) is 5.60. The Labute approximate surface area is 128 Å². The molecule has 0 spiro atoms. The molecule has 3 nitrogen and oxygen atoms in total. The van der Waals surface area contributed by atoms with Crippen molar-refractivity contribution >= 4 is 5.69 Å². The van der Waals surface area contributed by atoms with Crippen molar-refractivity contribution < 1.29 is 18.3 Å². The number of nitriles is 1. The van der Waals surface area contributed by atoms with Crippen LogP contribution in [-0.2, 0) is 6.18 Å². The molecule has 0 saturated heterocycles. The highest BCUT2D eigenvalue weighted by atomic mass is 19.4. The molecule has 0 bridgehead atoms. The maximum absolute atomic E-state index is 13.1. The highest BCUT2D eigenvalue weighted by molar-refractivity contribution is 5.55. The lowest BCUT2D eigenvalue weighted by Gasteiger charge is -2.37. The zero-order valence-electron chi connectivity index (χ0n) is 12.4. The Morgan fingerprint density at radius 3 is 2.64 bits per heavy atom. The molecule has 22 heavy (non-hydrogen) atoms. The molecule has 1 aliphatic carbocycles. The second-order valence-electron chi connectivity index (χ2n) is 5.60. The molecule has 1 aliphatic rings. The monoisotopic (exact) mass is 312 g/mol. The molecular formula is C16H19F3N2O. The van der Waals surface area contributed by atoms with Crippen molar-refractivity contribution in [2.45, 2.75) is 50.9 Å². The van der Waals surface area contributed by atoms with Gasteiger partial charge in [0.15, 0.2) is 0 Å². The summed E-state index contributed by atoms with van der Waals surface area (Å²) >= 11 is 0. The normalized spacial score (nSPS) is 22.2. The molecule has 6 heteroatoms. The summed E-state index contributed by atoms with van der Waals surface area (Å²) in [5.41, 5.74) is -0.814. The van der Waals surface area contributed by atoms with Crippen LogP contribution in [0.25, 0.3) is 0 Å². The first kappa shape index (κ1) is 16.6. The van der Waals surface area contributed by atoms with Gasteiger partial charge in [-0.2, -0.15) is 18.4 Å². The molecule has 1 aromatic rings. The van der Waals surface area contributed by atoms with Crippen LogP contribution < -0.4 is 4.90 Å². The van der Waals surface area contributed by atoms with Crippen LogP contribution in [0, 0.1) is 11.3 Å². The van der Waals surface area contributed by atoms with Crippen LogP contribution in [0.1, 0.15) is 43.7 Å². The molecule has 0 heterocycles. The minimum Gasteiger partial charge on any atom is -0.393 e. The molecule has 0 radical (unpaired) electrons. The molecule has 2 unspecified atom stereocenters. The summed E-state index contributed by atoms with van der Waals surface area (Å²) in [6.45, 7) is 2.44. The van der Waals surface area contributed by atoms with Gasteiger partial charge in [0, 0.05) is 18.3 Å². The van der Waals surface area contributed by atoms with Crippen molar-refractivity contribution in [1.82, 2.24) is 0 Å². The Morgan fingerprint density at radius 1 is 1.36 bits per heavy atom. The Hall–Kier alpha value is -1.74. The van der Waals surface area contributed by atoms with Gasteiger partial charge in [-0.15, -0.1) is 0 Å². The predicted octanol–water partition coefficient (Wildman–Crippen LogP) is 3.71. The first-order valence-corrected chi connectivity index (χ1v) is 7.42. The molecule has 2 atom stereocenters. The van der Waals surface area contributed by atoms with Crippen molar-refractivity contribution in [3.05, 3.63) is 29.3 Å². The van der Waals surface area contributed by atoms with Crippen molar-refractivity contribution in [2.24, 2.45) is 0 Å². The Morgan fingerprint density at radius 2 is 2.09 bits per heavy atom. The molecule has 2 rings (SSSR count). The topological polar surface area (TPSA) is 47.3 Å². The van der Waals surface area contributed by atoms with E-state index in [0.29, 0.717) is 18.7 Å². The first-order chi connectivity index (χ1) is 10.4. The largest absolute Gasteiger partial charge is 0.417 e. The smallest absolute Gasteiger partial charge is 0.393 e. The minimum absolute atomic E-state index is 0.0303. The second kappa shape index (κ2) is 6.57. The number of halogens is 3. The van der Waals surface area contributed by atoms with Crippen LogP contribution in [0.15, 0.2) is 18.2 Å². The fourth-order valence-electron chi connectivity index (χ4n) is 3.12. The molecular weight excluding hydrogens is 293 g/mol. The minimum atomic E-state index is -4.55. The van der Waals surface area contributed by atoms with Gasteiger partial charge in [0.05, 0.1) is 23.3 Å². The molecule has 0 aliphatic heterocycles. The number of alkyl halides is 3. The van der Waals surface area contributed by atoms with Gasteiger partial charge in [0.1, 0.15) is 0 Å². The van der Waals surface area contributed by atoms with E-state index in [9.17, 15) is 18.3 Å². The van der Waals surface area contributed by atoms with Gasteiger partial charge in [-0.1, -0.05) is 0 Å². The maximum atomic E-state index is 13.1. The molecule has 1 saturated carbocycles. The van der Waals surface area contributed by atoms with E-state index in [2.05, 4.69) is 0 Å². The Bertz CT molecular complexity index is 565. The maximum Gasteiger partial charge on any atom is 0.417 e. The number of aliphatic hydroxyl groups excluding tert-OH is 1. The molecule has 0 amide bonds. The number of benzene rings is 1. The van der Waals surface area contributed by atoms with Crippen molar-refractivity contribution in [2.75, 3.05) is 11.4 Å². The van der Waals surface area contributed by atoms with E-state index in [1.165, 1.54) is 6.07 Å². The summed E-state index contributed by atoms with van der Waals surface area (Å²) < 4.78 is 39.2. The van der Waals surface area contributed by atoms with Crippen molar-refractivity contribution in [1.29, 1.82) is 5.26 Å². The average molecular weight is 312 g/mol. The van der Waals surface area contributed by atoms with Crippen LogP contribution in [0.3, 0.4) is 0 Å². The van der Waals surface area contributed by atoms with Crippen molar-refractivity contribution in [3.63, 3.8) is 0 Å². The average Bonchev–Trinajstić information content (AvgIpc) is 2.47. The van der Waals surface area contributed by atoms with Crippen LogP contribution in [0.4, 0.5) is 18.9 Å². The van der Waals surface area contributed by atoms with Gasteiger partial charge in [-0.25, -0.2) is 0 Å². The van der Waals surface area contributed by atoms with Gasteiger partial charge >= 0.3 is 6.18 Å². The zero-order valence-corrected chi connectivity index (χ0v) is 12.4. The van der Waals surface area contributed by atoms with Gasteiger partial charge in [-0.3, -0.25) is 0 Å². The van der Waals surface area contributed by atoms with E-state index in [1.54, 1.807) is 12.1 Å². The van der Waals surface area contributed by atoms with Gasteiger partial charge in [-0.05, 0) is 50.8 Å². The molecule has 120 valence electrons. The zero-order chi connectivity index (χ0) is 16.3. The molecule has 1 fully saturated rings. The standard InChI is InChI=1S/C16H19F3N2O/c1-2-21(12-4-3-5-14(22)8-12)13-7-6-11(10-20)15(9-13)16(17,18)19/h6-7,9,12,14,22H,2-5,8H2,1H3. The molecule has 1 N–H and O–H groups in total. The lowest BCUT2D eigenvalue weighted by atomic mass is 9.91. The number of rotatable bonds is 3. The fourth-order valence-corrected chi connectivity index (χ4v) is 3.12. The van der Waals surface area contributed by atoms with E-state index in [-0.39, 0.29) is 11.6 Å². The summed E-state index contributed by atoms with van der Waals surface area (Å²) in [6, 6.07) is 5.45. The van der Waals surface area contributed by atoms with Crippen molar-refractivity contribution in [3.8, 4) is 6.07 Å². The lowest BCUT2D eigenvalue weighted by Crippen LogP contribution is -2.40. The van der Waals surface area contributed by atoms with Crippen LogP contribution >= 0.6 is 0 Å². The lowest BCUT2D eigenvalue weighted by molar-refractivity contribution is -0.137. The fraction of sp³-hybridized carbons (Fsp3) is 0.562. The van der Waals surface area contributed by atoms with Gasteiger partial charge < -0.3 is 10.0 Å². The Balaban J connectivity index is 2.35. The third-order valence-corrected chi connectivity index (χ3v) is 4.16. The predicted molar refractivity (Wildman–Crippen MR) is 77.4 cm³/mol. The SMILES string of the molecule is CCN(c1ccc(C#N)c(C(F)(F)F)c1)C1CCCC(O)C1. The highest BCUT2D eigenvalue weighted by Gasteiger charge is 2.35. The summed E-state index contributed by atoms with van der Waals surface area (Å²) in [7, 11) is 0.